The maximum absolute atomic E-state index is 14.6. The molecule has 40 heavy (non-hydrogen) atoms. The molecule has 0 radical (unpaired) electrons. The molecule has 2 atom stereocenters. The second-order valence-corrected chi connectivity index (χ2v) is 12.3. The van der Waals surface area contributed by atoms with E-state index < -0.39 is 40.2 Å². The minimum atomic E-state index is -4.29. The Balaban J connectivity index is 2.07. The maximum atomic E-state index is 14.6. The van der Waals surface area contributed by atoms with Gasteiger partial charge in [0, 0.05) is 28.2 Å². The number of aryl methyl sites for hydroxylation is 1. The molecule has 0 spiro atoms. The van der Waals surface area contributed by atoms with E-state index in [0.717, 1.165) is 9.87 Å². The molecule has 7 nitrogen and oxygen atoms in total. The summed E-state index contributed by atoms with van der Waals surface area (Å²) < 4.78 is 43.2. The van der Waals surface area contributed by atoms with Crippen molar-refractivity contribution in [3.8, 4) is 0 Å². The lowest BCUT2D eigenvalue weighted by Crippen LogP contribution is -2.52. The molecule has 1 N–H and O–H groups in total. The Labute approximate surface area is 244 Å². The van der Waals surface area contributed by atoms with Gasteiger partial charge in [-0.2, -0.15) is 0 Å². The second kappa shape index (κ2) is 13.5. The first-order valence-electron chi connectivity index (χ1n) is 12.7. The number of carbonyl (C=O) groups is 2. The van der Waals surface area contributed by atoms with E-state index in [0.29, 0.717) is 6.42 Å². The second-order valence-electron chi connectivity index (χ2n) is 9.56. The molecular weight excluding hydrogens is 576 g/mol. The highest BCUT2D eigenvalue weighted by molar-refractivity contribution is 7.92. The summed E-state index contributed by atoms with van der Waals surface area (Å²) >= 11 is 12.4. The molecular formula is C29H32Cl2FN3O4S. The molecule has 0 heterocycles. The van der Waals surface area contributed by atoms with Crippen molar-refractivity contribution in [2.75, 3.05) is 10.8 Å². The van der Waals surface area contributed by atoms with Crippen LogP contribution in [0.2, 0.25) is 10.0 Å². The molecule has 3 aromatic carbocycles. The molecule has 2 amide bonds. The third kappa shape index (κ3) is 7.74. The number of anilines is 1. The Hall–Kier alpha value is -3.14. The van der Waals surface area contributed by atoms with Gasteiger partial charge in [-0.15, -0.1) is 0 Å². The Bertz CT molecular complexity index is 1450. The highest BCUT2D eigenvalue weighted by Crippen LogP contribution is 2.30. The number of sulfonamides is 1. The van der Waals surface area contributed by atoms with Gasteiger partial charge >= 0.3 is 0 Å². The van der Waals surface area contributed by atoms with Crippen molar-refractivity contribution in [2.24, 2.45) is 0 Å². The van der Waals surface area contributed by atoms with Crippen LogP contribution < -0.4 is 9.62 Å². The van der Waals surface area contributed by atoms with Gasteiger partial charge in [0.2, 0.25) is 11.8 Å². The van der Waals surface area contributed by atoms with E-state index in [1.54, 1.807) is 18.2 Å². The van der Waals surface area contributed by atoms with Crippen molar-refractivity contribution in [1.29, 1.82) is 0 Å². The molecule has 0 aliphatic rings. The van der Waals surface area contributed by atoms with Crippen LogP contribution in [0, 0.1) is 12.7 Å². The van der Waals surface area contributed by atoms with Gasteiger partial charge in [-0.3, -0.25) is 13.9 Å². The maximum Gasteiger partial charge on any atom is 0.264 e. The summed E-state index contributed by atoms with van der Waals surface area (Å²) in [4.78, 5) is 28.1. The van der Waals surface area contributed by atoms with Gasteiger partial charge in [-0.05, 0) is 63.6 Å². The fourth-order valence-corrected chi connectivity index (χ4v) is 5.82. The molecule has 0 aliphatic heterocycles. The standard InChI is InChI=1S/C29H32Cl2FN3O4S/c1-5-20(3)33-29(37)21(4)34(17-22-8-6-7-9-27(22)32)28(36)18-35(25-15-23(30)14-24(31)16-25)40(38,39)26-12-10-19(2)11-13-26/h6-16,20-21H,5,17-18H2,1-4H3,(H,33,37)/t20-,21-/m1/s1. The monoisotopic (exact) mass is 607 g/mol. The third-order valence-corrected chi connectivity index (χ3v) is 8.71. The lowest BCUT2D eigenvalue weighted by atomic mass is 10.1. The van der Waals surface area contributed by atoms with Crippen LogP contribution in [-0.4, -0.2) is 43.8 Å². The Morgan fingerprint density at radius 2 is 1.57 bits per heavy atom. The van der Waals surface area contributed by atoms with E-state index in [1.807, 2.05) is 20.8 Å². The Morgan fingerprint density at radius 1 is 0.975 bits per heavy atom. The molecule has 0 fully saturated rings. The smallest absolute Gasteiger partial charge is 0.264 e. The summed E-state index contributed by atoms with van der Waals surface area (Å²) in [5, 5.41) is 3.17. The predicted octanol–water partition coefficient (Wildman–Crippen LogP) is 5.97. The SMILES string of the molecule is CC[C@@H](C)NC(=O)[C@@H](C)N(Cc1ccccc1F)C(=O)CN(c1cc(Cl)cc(Cl)c1)S(=O)(=O)c1ccc(C)cc1. The van der Waals surface area contributed by atoms with Gasteiger partial charge in [0.1, 0.15) is 18.4 Å². The zero-order chi connectivity index (χ0) is 29.6. The number of rotatable bonds is 11. The normalized spacial score (nSPS) is 12.9. The van der Waals surface area contributed by atoms with Crippen LogP contribution >= 0.6 is 23.2 Å². The first kappa shape index (κ1) is 31.4. The average Bonchev–Trinajstić information content (AvgIpc) is 2.90. The Morgan fingerprint density at radius 3 is 2.15 bits per heavy atom. The summed E-state index contributed by atoms with van der Waals surface area (Å²) in [5.74, 6) is -1.72. The lowest BCUT2D eigenvalue weighted by molar-refractivity contribution is -0.139. The molecule has 3 aromatic rings. The zero-order valence-electron chi connectivity index (χ0n) is 22.7. The highest BCUT2D eigenvalue weighted by atomic mass is 35.5. The van der Waals surface area contributed by atoms with Gasteiger partial charge < -0.3 is 10.2 Å². The molecule has 0 bridgehead atoms. The van der Waals surface area contributed by atoms with E-state index in [9.17, 15) is 22.4 Å². The highest BCUT2D eigenvalue weighted by Gasteiger charge is 2.33. The number of nitrogens with zero attached hydrogens (tertiary/aromatic N) is 2. The van der Waals surface area contributed by atoms with E-state index >= 15 is 0 Å². The van der Waals surface area contributed by atoms with Crippen LogP contribution in [0.5, 0.6) is 0 Å². The van der Waals surface area contributed by atoms with Gasteiger partial charge in [0.05, 0.1) is 10.6 Å². The van der Waals surface area contributed by atoms with Gasteiger partial charge in [0.25, 0.3) is 10.0 Å². The summed E-state index contributed by atoms with van der Waals surface area (Å²) in [6.07, 6.45) is 0.665. The van der Waals surface area contributed by atoms with E-state index in [2.05, 4.69) is 5.32 Å². The van der Waals surface area contributed by atoms with E-state index in [-0.39, 0.29) is 38.8 Å². The molecule has 0 aromatic heterocycles. The molecule has 0 saturated carbocycles. The van der Waals surface area contributed by atoms with Crippen molar-refractivity contribution >= 4 is 50.7 Å². The average molecular weight is 609 g/mol. The van der Waals surface area contributed by atoms with E-state index in [1.165, 1.54) is 60.4 Å². The lowest BCUT2D eigenvalue weighted by Gasteiger charge is -2.32. The summed E-state index contributed by atoms with van der Waals surface area (Å²) in [6, 6.07) is 15.1. The number of hydrogen-bond acceptors (Lipinski definition) is 4. The molecule has 0 aliphatic carbocycles. The quantitative estimate of drug-likeness (QED) is 0.291. The van der Waals surface area contributed by atoms with Crippen LogP contribution in [0.1, 0.15) is 38.3 Å². The number of hydrogen-bond donors (Lipinski definition) is 1. The molecule has 11 heteroatoms. The summed E-state index contributed by atoms with van der Waals surface area (Å²) in [7, 11) is -4.29. The molecule has 0 saturated heterocycles. The predicted molar refractivity (Wildman–Crippen MR) is 156 cm³/mol. The van der Waals surface area contributed by atoms with Crippen molar-refractivity contribution in [2.45, 2.75) is 57.6 Å². The van der Waals surface area contributed by atoms with Crippen molar-refractivity contribution in [1.82, 2.24) is 10.2 Å². The fourth-order valence-electron chi connectivity index (χ4n) is 3.91. The summed E-state index contributed by atoms with van der Waals surface area (Å²) in [5.41, 5.74) is 1.09. The zero-order valence-corrected chi connectivity index (χ0v) is 25.0. The van der Waals surface area contributed by atoms with Gasteiger partial charge in [-0.1, -0.05) is 66.0 Å². The number of halogens is 3. The summed E-state index contributed by atoms with van der Waals surface area (Å²) in [6.45, 7) is 6.12. The van der Waals surface area contributed by atoms with E-state index in [4.69, 9.17) is 23.2 Å². The minimum Gasteiger partial charge on any atom is -0.352 e. The topological polar surface area (TPSA) is 86.8 Å². The van der Waals surface area contributed by atoms with Gasteiger partial charge in [0.15, 0.2) is 0 Å². The first-order valence-corrected chi connectivity index (χ1v) is 14.9. The number of carbonyl (C=O) groups excluding carboxylic acids is 2. The number of amides is 2. The number of nitrogens with one attached hydrogen (secondary N) is 1. The van der Waals surface area contributed by atoms with Crippen molar-refractivity contribution in [3.63, 3.8) is 0 Å². The first-order chi connectivity index (χ1) is 18.8. The largest absolute Gasteiger partial charge is 0.352 e. The van der Waals surface area contributed by atoms with Gasteiger partial charge in [-0.25, -0.2) is 12.8 Å². The van der Waals surface area contributed by atoms with Crippen LogP contribution in [0.15, 0.2) is 71.6 Å². The molecule has 0 unspecified atom stereocenters. The molecule has 214 valence electrons. The van der Waals surface area contributed by atoms with Crippen LogP contribution in [0.4, 0.5) is 10.1 Å². The fraction of sp³-hybridized carbons (Fsp3) is 0.310. The van der Waals surface area contributed by atoms with Crippen LogP contribution in [0.25, 0.3) is 0 Å². The van der Waals surface area contributed by atoms with Crippen LogP contribution in [-0.2, 0) is 26.2 Å². The Kier molecular flexibility index (Phi) is 10.6. The van der Waals surface area contributed by atoms with Crippen LogP contribution in [0.3, 0.4) is 0 Å². The molecule has 3 rings (SSSR count). The van der Waals surface area contributed by atoms with Crippen molar-refractivity contribution in [3.05, 3.63) is 93.7 Å². The number of benzene rings is 3. The third-order valence-electron chi connectivity index (χ3n) is 6.49. The van der Waals surface area contributed by atoms with Crippen molar-refractivity contribution < 1.29 is 22.4 Å². The minimum absolute atomic E-state index is 0.0507.